The van der Waals surface area contributed by atoms with Crippen LogP contribution in [0.5, 0.6) is 5.75 Å². The van der Waals surface area contributed by atoms with E-state index in [0.29, 0.717) is 44.0 Å². The Labute approximate surface area is 129 Å². The van der Waals surface area contributed by atoms with Crippen LogP contribution in [0.4, 0.5) is 10.1 Å². The Hall–Kier alpha value is -1.33. The molecular formula is C15H20ClFN2O2. The van der Waals surface area contributed by atoms with Crippen LogP contribution in [0, 0.1) is 5.82 Å². The Morgan fingerprint density at radius 3 is 2.62 bits per heavy atom. The van der Waals surface area contributed by atoms with E-state index in [9.17, 15) is 9.18 Å². The van der Waals surface area contributed by atoms with Crippen molar-refractivity contribution in [3.63, 3.8) is 0 Å². The van der Waals surface area contributed by atoms with Gasteiger partial charge in [-0.05, 0) is 20.2 Å². The van der Waals surface area contributed by atoms with E-state index in [2.05, 4.69) is 0 Å². The maximum Gasteiger partial charge on any atom is 0.148 e. The Morgan fingerprint density at radius 2 is 2.00 bits per heavy atom. The number of anilines is 1. The number of carbonyl (C=O) groups excluding carboxylic acids is 1. The molecule has 1 aliphatic rings. The van der Waals surface area contributed by atoms with E-state index in [4.69, 9.17) is 16.3 Å². The van der Waals surface area contributed by atoms with E-state index < -0.39 is 0 Å². The molecule has 1 fully saturated rings. The van der Waals surface area contributed by atoms with E-state index in [1.165, 1.54) is 6.07 Å². The number of rotatable bonds is 5. The monoisotopic (exact) mass is 314 g/mol. The molecular weight excluding hydrogens is 295 g/mol. The Kier molecular flexibility index (Phi) is 5.42. The molecule has 6 heteroatoms. The third-order valence-corrected chi connectivity index (χ3v) is 3.75. The van der Waals surface area contributed by atoms with Crippen LogP contribution in [0.1, 0.15) is 12.8 Å². The molecule has 1 heterocycles. The first-order valence-electron chi connectivity index (χ1n) is 7.00. The highest BCUT2D eigenvalue weighted by Crippen LogP contribution is 2.33. The van der Waals surface area contributed by atoms with Crippen molar-refractivity contribution in [2.45, 2.75) is 12.8 Å². The highest BCUT2D eigenvalue weighted by molar-refractivity contribution is 6.32. The predicted octanol–water partition coefficient (Wildman–Crippen LogP) is 2.59. The van der Waals surface area contributed by atoms with Gasteiger partial charge in [0.05, 0.1) is 10.7 Å². The highest BCUT2D eigenvalue weighted by Gasteiger charge is 2.21. The molecule has 0 bridgehead atoms. The summed E-state index contributed by atoms with van der Waals surface area (Å²) in [5, 5.41) is 0.267. The van der Waals surface area contributed by atoms with E-state index in [1.807, 2.05) is 23.9 Å². The summed E-state index contributed by atoms with van der Waals surface area (Å²) in [6.45, 7) is 2.31. The molecule has 0 amide bonds. The number of ketones is 1. The summed E-state index contributed by atoms with van der Waals surface area (Å²) in [7, 11) is 3.90. The van der Waals surface area contributed by atoms with Gasteiger partial charge in [0.2, 0.25) is 0 Å². The average Bonchev–Trinajstić information content (AvgIpc) is 2.42. The SMILES string of the molecule is CN(C)CCOc1cc(N2CCC(=O)CC2)c(F)cc1Cl. The molecule has 1 saturated heterocycles. The number of hydrogen-bond acceptors (Lipinski definition) is 4. The van der Waals surface area contributed by atoms with Crippen LogP contribution in [0.3, 0.4) is 0 Å². The Bertz CT molecular complexity index is 513. The third kappa shape index (κ3) is 4.32. The summed E-state index contributed by atoms with van der Waals surface area (Å²) < 4.78 is 19.7. The first-order valence-corrected chi connectivity index (χ1v) is 7.38. The highest BCUT2D eigenvalue weighted by atomic mass is 35.5. The minimum atomic E-state index is -0.380. The van der Waals surface area contributed by atoms with Crippen LogP contribution < -0.4 is 9.64 Å². The maximum absolute atomic E-state index is 14.1. The van der Waals surface area contributed by atoms with Gasteiger partial charge in [0.25, 0.3) is 0 Å². The molecule has 21 heavy (non-hydrogen) atoms. The number of piperidine rings is 1. The zero-order valence-corrected chi connectivity index (χ0v) is 13.1. The van der Waals surface area contributed by atoms with Crippen LogP contribution in [-0.2, 0) is 4.79 Å². The smallest absolute Gasteiger partial charge is 0.148 e. The number of halogens is 2. The fourth-order valence-corrected chi connectivity index (χ4v) is 2.41. The molecule has 0 aromatic heterocycles. The molecule has 0 aliphatic carbocycles. The van der Waals surface area contributed by atoms with Crippen LogP contribution in [-0.4, -0.2) is 51.0 Å². The normalized spacial score (nSPS) is 15.7. The molecule has 0 saturated carbocycles. The van der Waals surface area contributed by atoms with Gasteiger partial charge in [0, 0.05) is 38.5 Å². The van der Waals surface area contributed by atoms with Gasteiger partial charge in [0.15, 0.2) is 0 Å². The molecule has 1 aliphatic heterocycles. The van der Waals surface area contributed by atoms with Gasteiger partial charge in [-0.1, -0.05) is 11.6 Å². The van der Waals surface area contributed by atoms with Crippen molar-refractivity contribution in [2.24, 2.45) is 0 Å². The van der Waals surface area contributed by atoms with Crippen molar-refractivity contribution in [3.05, 3.63) is 23.0 Å². The number of nitrogens with zero attached hydrogens (tertiary/aromatic N) is 2. The first-order chi connectivity index (χ1) is 9.97. The molecule has 116 valence electrons. The fraction of sp³-hybridized carbons (Fsp3) is 0.533. The molecule has 0 spiro atoms. The summed E-state index contributed by atoms with van der Waals surface area (Å²) in [4.78, 5) is 15.1. The van der Waals surface area contributed by atoms with Gasteiger partial charge in [-0.25, -0.2) is 4.39 Å². The van der Waals surface area contributed by atoms with Gasteiger partial charge >= 0.3 is 0 Å². The number of benzene rings is 1. The van der Waals surface area contributed by atoms with E-state index >= 15 is 0 Å². The summed E-state index contributed by atoms with van der Waals surface area (Å²) in [5.74, 6) is 0.323. The van der Waals surface area contributed by atoms with Crippen LogP contribution >= 0.6 is 11.6 Å². The van der Waals surface area contributed by atoms with Crippen molar-refractivity contribution < 1.29 is 13.9 Å². The summed E-state index contributed by atoms with van der Waals surface area (Å²) in [6, 6.07) is 2.90. The number of ether oxygens (including phenoxy) is 1. The predicted molar refractivity (Wildman–Crippen MR) is 81.9 cm³/mol. The molecule has 2 rings (SSSR count). The van der Waals surface area contributed by atoms with Crippen LogP contribution in [0.15, 0.2) is 12.1 Å². The lowest BCUT2D eigenvalue weighted by Crippen LogP contribution is -2.34. The van der Waals surface area contributed by atoms with Crippen LogP contribution in [0.2, 0.25) is 5.02 Å². The molecule has 0 N–H and O–H groups in total. The van der Waals surface area contributed by atoms with Gasteiger partial charge in [-0.15, -0.1) is 0 Å². The van der Waals surface area contributed by atoms with Crippen molar-refractivity contribution in [3.8, 4) is 5.75 Å². The second-order valence-electron chi connectivity index (χ2n) is 5.41. The largest absolute Gasteiger partial charge is 0.491 e. The molecule has 0 unspecified atom stereocenters. The molecule has 1 aromatic carbocycles. The lowest BCUT2D eigenvalue weighted by atomic mass is 10.1. The van der Waals surface area contributed by atoms with Crippen molar-refractivity contribution >= 4 is 23.1 Å². The van der Waals surface area contributed by atoms with Gasteiger partial charge in [-0.2, -0.15) is 0 Å². The number of carbonyl (C=O) groups is 1. The zero-order chi connectivity index (χ0) is 15.4. The number of Topliss-reactive ketones (excluding diaryl/α,β-unsaturated/α-hetero) is 1. The van der Waals surface area contributed by atoms with E-state index in [1.54, 1.807) is 6.07 Å². The second kappa shape index (κ2) is 7.09. The molecule has 1 aromatic rings. The fourth-order valence-electron chi connectivity index (χ4n) is 2.21. The van der Waals surface area contributed by atoms with Crippen molar-refractivity contribution in [2.75, 3.05) is 45.2 Å². The average molecular weight is 315 g/mol. The standard InChI is InChI=1S/C15H20ClFN2O2/c1-18(2)7-8-21-15-10-14(13(17)9-12(15)16)19-5-3-11(20)4-6-19/h9-10H,3-8H2,1-2H3. The number of likely N-dealkylation sites (N-methyl/N-ethyl adjacent to an activating group) is 1. The van der Waals surface area contributed by atoms with Gasteiger partial charge < -0.3 is 14.5 Å². The molecule has 0 atom stereocenters. The first kappa shape index (κ1) is 16.0. The molecule has 0 radical (unpaired) electrons. The van der Waals surface area contributed by atoms with E-state index in [0.717, 1.165) is 6.54 Å². The number of hydrogen-bond donors (Lipinski definition) is 0. The molecule has 4 nitrogen and oxygen atoms in total. The van der Waals surface area contributed by atoms with Crippen molar-refractivity contribution in [1.29, 1.82) is 0 Å². The maximum atomic E-state index is 14.1. The summed E-state index contributed by atoms with van der Waals surface area (Å²) in [6.07, 6.45) is 0.914. The zero-order valence-electron chi connectivity index (χ0n) is 12.4. The van der Waals surface area contributed by atoms with Crippen molar-refractivity contribution in [1.82, 2.24) is 4.90 Å². The van der Waals surface area contributed by atoms with Gasteiger partial charge in [0.1, 0.15) is 24.0 Å². The Balaban J connectivity index is 2.12. The van der Waals surface area contributed by atoms with Crippen LogP contribution in [0.25, 0.3) is 0 Å². The second-order valence-corrected chi connectivity index (χ2v) is 5.82. The minimum absolute atomic E-state index is 0.225. The summed E-state index contributed by atoms with van der Waals surface area (Å²) in [5.41, 5.74) is 0.451. The topological polar surface area (TPSA) is 32.8 Å². The Morgan fingerprint density at radius 1 is 1.33 bits per heavy atom. The quantitative estimate of drug-likeness (QED) is 0.836. The van der Waals surface area contributed by atoms with E-state index in [-0.39, 0.29) is 16.6 Å². The minimum Gasteiger partial charge on any atom is -0.491 e. The lowest BCUT2D eigenvalue weighted by molar-refractivity contribution is -0.119. The summed E-state index contributed by atoms with van der Waals surface area (Å²) >= 11 is 6.03. The lowest BCUT2D eigenvalue weighted by Gasteiger charge is -2.29. The van der Waals surface area contributed by atoms with Gasteiger partial charge in [-0.3, -0.25) is 4.79 Å². The third-order valence-electron chi connectivity index (χ3n) is 3.46.